The Balaban J connectivity index is 0. The fourth-order valence-corrected chi connectivity index (χ4v) is 0.258. The van der Waals surface area contributed by atoms with Crippen molar-refractivity contribution in [3.05, 3.63) is 0 Å². The molecule has 78 valence electrons. The lowest BCUT2D eigenvalue weighted by atomic mass is 10.8. The van der Waals surface area contributed by atoms with Gasteiger partial charge in [0.1, 0.15) is 13.2 Å². The van der Waals surface area contributed by atoms with E-state index in [1.165, 1.54) is 0 Å². The van der Waals surface area contributed by atoms with Crippen LogP contribution in [0.1, 0.15) is 0 Å². The molecule has 2 N–H and O–H groups in total. The van der Waals surface area contributed by atoms with Crippen LogP contribution in [0.15, 0.2) is 0 Å². The van der Waals surface area contributed by atoms with Gasteiger partial charge in [-0.15, -0.1) is 0 Å². The molecule has 0 aromatic rings. The number of ether oxygens (including phenoxy) is 3. The minimum absolute atomic E-state index is 0.276. The highest BCUT2D eigenvalue weighted by Gasteiger charge is 1.98. The normalized spacial score (nSPS) is 7.85. The molecule has 7 heteroatoms. The van der Waals surface area contributed by atoms with E-state index < -0.39 is 12.3 Å². The summed E-state index contributed by atoms with van der Waals surface area (Å²) in [6.45, 7) is -0.552. The van der Waals surface area contributed by atoms with Gasteiger partial charge in [-0.05, 0) is 0 Å². The van der Waals surface area contributed by atoms with Crippen LogP contribution in [-0.4, -0.2) is 50.0 Å². The summed E-state index contributed by atoms with van der Waals surface area (Å²) < 4.78 is 12.1. The Bertz CT molecular complexity index is 128. The van der Waals surface area contributed by atoms with Gasteiger partial charge in [0, 0.05) is 14.2 Å². The summed E-state index contributed by atoms with van der Waals surface area (Å²) in [7, 11) is 3.25. The highest BCUT2D eigenvalue weighted by molar-refractivity contribution is 5.57. The Hall–Kier alpha value is -1.50. The van der Waals surface area contributed by atoms with Crippen LogP contribution in [0.25, 0.3) is 0 Å². The topological polar surface area (TPSA) is 102 Å². The van der Waals surface area contributed by atoms with Crippen LogP contribution >= 0.6 is 0 Å². The quantitative estimate of drug-likeness (QED) is 0.504. The Morgan fingerprint density at radius 3 is 1.38 bits per heavy atom. The van der Waals surface area contributed by atoms with Gasteiger partial charge in [-0.2, -0.15) is 0 Å². The summed E-state index contributed by atoms with van der Waals surface area (Å²) in [5.41, 5.74) is 0. The van der Waals surface area contributed by atoms with Crippen LogP contribution in [0.4, 0.5) is 9.59 Å². The Kier molecular flexibility index (Phi) is 11.3. The zero-order valence-corrected chi connectivity index (χ0v) is 7.35. The molecule has 0 aliphatic rings. The lowest BCUT2D eigenvalue weighted by Crippen LogP contribution is -2.10. The van der Waals surface area contributed by atoms with Crippen LogP contribution < -0.4 is 0 Å². The maximum absolute atomic E-state index is 9.62. The first-order chi connectivity index (χ1) is 6.04. The summed E-state index contributed by atoms with van der Waals surface area (Å²) in [6, 6.07) is 0. The minimum atomic E-state index is -1.45. The third-order valence-corrected chi connectivity index (χ3v) is 0.534. The van der Waals surface area contributed by atoms with Gasteiger partial charge >= 0.3 is 12.3 Å². The number of hydrogen-bond donors (Lipinski definition) is 2. The van der Waals surface area contributed by atoms with Crippen molar-refractivity contribution >= 4 is 12.3 Å². The van der Waals surface area contributed by atoms with Crippen LogP contribution in [0.3, 0.4) is 0 Å². The van der Waals surface area contributed by atoms with Gasteiger partial charge < -0.3 is 24.4 Å². The number of carboxylic acid groups (broad SMARTS) is 2. The molecule has 0 aromatic carbocycles. The summed E-state index contributed by atoms with van der Waals surface area (Å²) in [4.78, 5) is 19.2. The standard InChI is InChI=1S/C4H6O6.C2H6O/c5-3(6)9-1-2-10-4(7)8;1-3-2/h1-2H2,(H,5,6)(H,7,8);1-2H3. The maximum atomic E-state index is 9.62. The van der Waals surface area contributed by atoms with E-state index in [4.69, 9.17) is 10.2 Å². The second-order valence-corrected chi connectivity index (χ2v) is 1.64. The molecule has 0 aliphatic carbocycles. The second-order valence-electron chi connectivity index (χ2n) is 1.64. The molecule has 0 bridgehead atoms. The average Bonchev–Trinajstić information content (AvgIpc) is 1.99. The number of carbonyl (C=O) groups is 2. The summed E-state index contributed by atoms with van der Waals surface area (Å²) >= 11 is 0. The summed E-state index contributed by atoms with van der Waals surface area (Å²) in [5.74, 6) is 0. The maximum Gasteiger partial charge on any atom is 0.505 e. The molecule has 0 spiro atoms. The van der Waals surface area contributed by atoms with Crippen molar-refractivity contribution in [2.75, 3.05) is 27.4 Å². The van der Waals surface area contributed by atoms with E-state index in [1.54, 1.807) is 14.2 Å². The third kappa shape index (κ3) is 25.1. The Morgan fingerprint density at radius 2 is 1.23 bits per heavy atom. The van der Waals surface area contributed by atoms with Crippen molar-refractivity contribution in [3.8, 4) is 0 Å². The molecule has 0 saturated heterocycles. The molecule has 0 unspecified atom stereocenters. The van der Waals surface area contributed by atoms with Crippen LogP contribution in [0, 0.1) is 0 Å². The highest BCUT2D eigenvalue weighted by atomic mass is 16.7. The molecule has 0 rings (SSSR count). The number of hydrogen-bond acceptors (Lipinski definition) is 5. The predicted molar refractivity (Wildman–Crippen MR) is 40.9 cm³/mol. The first-order valence-corrected chi connectivity index (χ1v) is 3.16. The molecule has 0 atom stereocenters. The Morgan fingerprint density at radius 1 is 1.00 bits per heavy atom. The molecule has 7 nitrogen and oxygen atoms in total. The third-order valence-electron chi connectivity index (χ3n) is 0.534. The van der Waals surface area contributed by atoms with E-state index >= 15 is 0 Å². The Labute approximate surface area is 74.8 Å². The average molecular weight is 196 g/mol. The summed E-state index contributed by atoms with van der Waals surface area (Å²) in [6.07, 6.45) is -2.90. The molecule has 0 radical (unpaired) electrons. The molecule has 0 aliphatic heterocycles. The SMILES string of the molecule is COC.O=C(O)OCCOC(=O)O. The van der Waals surface area contributed by atoms with Crippen molar-refractivity contribution in [1.82, 2.24) is 0 Å². The lowest BCUT2D eigenvalue weighted by Gasteiger charge is -1.98. The van der Waals surface area contributed by atoms with Gasteiger partial charge in [0.05, 0.1) is 0 Å². The lowest BCUT2D eigenvalue weighted by molar-refractivity contribution is 0.0472. The van der Waals surface area contributed by atoms with Crippen molar-refractivity contribution in [2.45, 2.75) is 0 Å². The van der Waals surface area contributed by atoms with Gasteiger partial charge in [-0.1, -0.05) is 0 Å². The highest BCUT2D eigenvalue weighted by Crippen LogP contribution is 1.79. The molecular weight excluding hydrogens is 184 g/mol. The monoisotopic (exact) mass is 196 g/mol. The van der Waals surface area contributed by atoms with E-state index in [-0.39, 0.29) is 13.2 Å². The molecule has 0 aromatic heterocycles. The fraction of sp³-hybridized carbons (Fsp3) is 0.667. The zero-order valence-electron chi connectivity index (χ0n) is 7.35. The van der Waals surface area contributed by atoms with Gasteiger partial charge in [0.15, 0.2) is 0 Å². The number of methoxy groups -OCH3 is 1. The molecular formula is C6H12O7. The van der Waals surface area contributed by atoms with Gasteiger partial charge in [0.25, 0.3) is 0 Å². The first kappa shape index (κ1) is 14.0. The van der Waals surface area contributed by atoms with E-state index in [9.17, 15) is 9.59 Å². The molecule has 0 saturated carbocycles. The van der Waals surface area contributed by atoms with Crippen LogP contribution in [0.2, 0.25) is 0 Å². The van der Waals surface area contributed by atoms with Crippen molar-refractivity contribution in [3.63, 3.8) is 0 Å². The predicted octanol–water partition coefficient (Wildman–Crippen LogP) is 0.638. The van der Waals surface area contributed by atoms with Crippen molar-refractivity contribution in [2.24, 2.45) is 0 Å². The molecule has 0 amide bonds. The molecule has 0 heterocycles. The van der Waals surface area contributed by atoms with E-state index in [2.05, 4.69) is 14.2 Å². The number of rotatable bonds is 3. The van der Waals surface area contributed by atoms with Crippen LogP contribution in [0.5, 0.6) is 0 Å². The van der Waals surface area contributed by atoms with Gasteiger partial charge in [-0.25, -0.2) is 9.59 Å². The van der Waals surface area contributed by atoms with Crippen LogP contribution in [-0.2, 0) is 14.2 Å². The smallest absolute Gasteiger partial charge is 0.450 e. The van der Waals surface area contributed by atoms with Gasteiger partial charge in [-0.3, -0.25) is 0 Å². The summed E-state index contributed by atoms with van der Waals surface area (Å²) in [5, 5.41) is 15.7. The van der Waals surface area contributed by atoms with Gasteiger partial charge in [0.2, 0.25) is 0 Å². The fourth-order valence-electron chi connectivity index (χ4n) is 0.258. The van der Waals surface area contributed by atoms with E-state index in [1.807, 2.05) is 0 Å². The molecule has 13 heavy (non-hydrogen) atoms. The molecule has 0 fully saturated rings. The first-order valence-electron chi connectivity index (χ1n) is 3.16. The van der Waals surface area contributed by atoms with E-state index in [0.717, 1.165) is 0 Å². The van der Waals surface area contributed by atoms with Crippen molar-refractivity contribution < 1.29 is 34.0 Å². The largest absolute Gasteiger partial charge is 0.505 e. The second kappa shape index (κ2) is 10.5. The zero-order chi connectivity index (χ0) is 10.7. The van der Waals surface area contributed by atoms with E-state index in [0.29, 0.717) is 0 Å². The minimum Gasteiger partial charge on any atom is -0.450 e. The van der Waals surface area contributed by atoms with Crippen molar-refractivity contribution in [1.29, 1.82) is 0 Å².